The summed E-state index contributed by atoms with van der Waals surface area (Å²) < 4.78 is 0.873. The van der Waals surface area contributed by atoms with Gasteiger partial charge in [0.05, 0.1) is 11.5 Å². The minimum Gasteiger partial charge on any atom is -0.198 e. The standard InChI is InChI=1S/C22H40IN/c1-4-7-12-20(9-5-2)22(18-24)16-14-19(15-17-22)11-8-13-21(23)10-6-3/h19-21H,4-17H2,1-3H3. The van der Waals surface area contributed by atoms with E-state index < -0.39 is 0 Å². The third-order valence-corrected chi connectivity index (χ3v) is 7.52. The maximum absolute atomic E-state index is 9.98. The molecule has 0 radical (unpaired) electrons. The molecular weight excluding hydrogens is 405 g/mol. The second-order valence-corrected chi connectivity index (χ2v) is 9.92. The number of nitrogens with zero attached hydrogens (tertiary/aromatic N) is 1. The molecule has 2 atom stereocenters. The van der Waals surface area contributed by atoms with Crippen molar-refractivity contribution in [3.8, 4) is 6.07 Å². The minimum atomic E-state index is 0.00961. The first-order valence-electron chi connectivity index (χ1n) is 10.7. The van der Waals surface area contributed by atoms with Gasteiger partial charge in [-0.1, -0.05) is 81.9 Å². The van der Waals surface area contributed by atoms with E-state index in [1.807, 2.05) is 0 Å². The van der Waals surface area contributed by atoms with Gasteiger partial charge in [-0.2, -0.15) is 5.26 Å². The fourth-order valence-corrected chi connectivity index (χ4v) is 5.74. The molecule has 0 aromatic rings. The topological polar surface area (TPSA) is 23.8 Å². The molecular formula is C22H40IN. The van der Waals surface area contributed by atoms with Crippen LogP contribution in [0.2, 0.25) is 0 Å². The fourth-order valence-electron chi connectivity index (χ4n) is 4.67. The molecule has 1 rings (SSSR count). The highest BCUT2D eigenvalue weighted by atomic mass is 127. The Morgan fingerprint density at radius 1 is 0.958 bits per heavy atom. The maximum Gasteiger partial charge on any atom is 0.0692 e. The van der Waals surface area contributed by atoms with E-state index in [4.69, 9.17) is 0 Å². The molecule has 2 heteroatoms. The van der Waals surface area contributed by atoms with Crippen molar-refractivity contribution in [3.63, 3.8) is 0 Å². The van der Waals surface area contributed by atoms with Crippen LogP contribution in [0.15, 0.2) is 0 Å². The van der Waals surface area contributed by atoms with Crippen molar-refractivity contribution < 1.29 is 0 Å². The van der Waals surface area contributed by atoms with Crippen LogP contribution in [0, 0.1) is 28.6 Å². The Balaban J connectivity index is 2.45. The van der Waals surface area contributed by atoms with Crippen molar-refractivity contribution in [1.82, 2.24) is 0 Å². The summed E-state index contributed by atoms with van der Waals surface area (Å²) in [4.78, 5) is 0. The molecule has 2 unspecified atom stereocenters. The third kappa shape index (κ3) is 7.22. The molecule has 1 nitrogen and oxygen atoms in total. The Kier molecular flexibility index (Phi) is 11.6. The monoisotopic (exact) mass is 445 g/mol. The quantitative estimate of drug-likeness (QED) is 0.220. The molecule has 1 saturated carbocycles. The maximum atomic E-state index is 9.98. The van der Waals surface area contributed by atoms with Gasteiger partial charge in [-0.25, -0.2) is 0 Å². The van der Waals surface area contributed by atoms with E-state index in [9.17, 15) is 5.26 Å². The van der Waals surface area contributed by atoms with Gasteiger partial charge in [0.2, 0.25) is 0 Å². The predicted molar refractivity (Wildman–Crippen MR) is 114 cm³/mol. The summed E-state index contributed by atoms with van der Waals surface area (Å²) in [5.74, 6) is 1.54. The third-order valence-electron chi connectivity index (χ3n) is 6.28. The van der Waals surface area contributed by atoms with E-state index in [1.165, 1.54) is 89.9 Å². The Bertz CT molecular complexity index is 351. The van der Waals surface area contributed by atoms with Crippen molar-refractivity contribution in [1.29, 1.82) is 5.26 Å². The van der Waals surface area contributed by atoms with Gasteiger partial charge in [0.15, 0.2) is 0 Å². The average Bonchev–Trinajstić information content (AvgIpc) is 2.59. The summed E-state index contributed by atoms with van der Waals surface area (Å²) in [6.45, 7) is 6.85. The lowest BCUT2D eigenvalue weighted by atomic mass is 9.61. The number of halogens is 1. The van der Waals surface area contributed by atoms with Crippen LogP contribution in [0.5, 0.6) is 0 Å². The van der Waals surface area contributed by atoms with Gasteiger partial charge in [0.1, 0.15) is 0 Å². The van der Waals surface area contributed by atoms with Gasteiger partial charge in [0, 0.05) is 3.92 Å². The molecule has 24 heavy (non-hydrogen) atoms. The zero-order valence-corrected chi connectivity index (χ0v) is 18.6. The molecule has 0 saturated heterocycles. The van der Waals surface area contributed by atoms with E-state index in [-0.39, 0.29) is 5.41 Å². The fraction of sp³-hybridized carbons (Fsp3) is 0.955. The van der Waals surface area contributed by atoms with Gasteiger partial charge in [-0.15, -0.1) is 0 Å². The molecule has 0 aliphatic heterocycles. The minimum absolute atomic E-state index is 0.00961. The Hall–Kier alpha value is 0.220. The molecule has 1 aliphatic rings. The molecule has 0 bridgehead atoms. The number of hydrogen-bond acceptors (Lipinski definition) is 1. The first-order chi connectivity index (χ1) is 11.6. The molecule has 140 valence electrons. The van der Waals surface area contributed by atoms with Gasteiger partial charge >= 0.3 is 0 Å². The van der Waals surface area contributed by atoms with Gasteiger partial charge < -0.3 is 0 Å². The first kappa shape index (κ1) is 22.3. The molecule has 0 aromatic carbocycles. The Morgan fingerprint density at radius 2 is 1.62 bits per heavy atom. The summed E-state index contributed by atoms with van der Waals surface area (Å²) in [7, 11) is 0. The van der Waals surface area contributed by atoms with Crippen molar-refractivity contribution in [2.45, 2.75) is 115 Å². The van der Waals surface area contributed by atoms with Crippen LogP contribution in [0.4, 0.5) is 0 Å². The Morgan fingerprint density at radius 3 is 2.17 bits per heavy atom. The van der Waals surface area contributed by atoms with Crippen LogP contribution >= 0.6 is 22.6 Å². The second kappa shape index (κ2) is 12.6. The lowest BCUT2D eigenvalue weighted by Gasteiger charge is -2.41. The number of alkyl halides is 1. The summed E-state index contributed by atoms with van der Waals surface area (Å²) in [6.07, 6.45) is 18.2. The van der Waals surface area contributed by atoms with Crippen LogP contribution in [0.25, 0.3) is 0 Å². The Labute approximate surface area is 165 Å². The molecule has 0 N–H and O–H groups in total. The van der Waals surface area contributed by atoms with Gasteiger partial charge in [-0.3, -0.25) is 0 Å². The normalized spacial score (nSPS) is 26.7. The first-order valence-corrected chi connectivity index (χ1v) is 11.9. The summed E-state index contributed by atoms with van der Waals surface area (Å²) in [5.41, 5.74) is 0.00961. The van der Waals surface area contributed by atoms with Gasteiger partial charge in [0.25, 0.3) is 0 Å². The van der Waals surface area contributed by atoms with Crippen molar-refractivity contribution in [2.75, 3.05) is 0 Å². The van der Waals surface area contributed by atoms with E-state index in [2.05, 4.69) is 49.4 Å². The van der Waals surface area contributed by atoms with Crippen LogP contribution in [-0.4, -0.2) is 3.92 Å². The van der Waals surface area contributed by atoms with Crippen LogP contribution in [-0.2, 0) is 0 Å². The molecule has 0 spiro atoms. The van der Waals surface area contributed by atoms with E-state index in [0.29, 0.717) is 5.92 Å². The van der Waals surface area contributed by atoms with E-state index >= 15 is 0 Å². The summed E-state index contributed by atoms with van der Waals surface area (Å²) >= 11 is 2.63. The molecule has 0 aromatic heterocycles. The molecule has 1 aliphatic carbocycles. The SMILES string of the molecule is CCCCC(CCC)C1(C#N)CCC(CCCC(I)CCC)CC1. The zero-order valence-electron chi connectivity index (χ0n) is 16.5. The van der Waals surface area contributed by atoms with Crippen LogP contribution in [0.3, 0.4) is 0 Å². The van der Waals surface area contributed by atoms with Crippen molar-refractivity contribution in [2.24, 2.45) is 17.3 Å². The second-order valence-electron chi connectivity index (χ2n) is 8.16. The molecule has 0 amide bonds. The number of nitriles is 1. The van der Waals surface area contributed by atoms with Crippen LogP contribution in [0.1, 0.15) is 111 Å². The highest BCUT2D eigenvalue weighted by Gasteiger charge is 2.41. The number of rotatable bonds is 12. The number of hydrogen-bond donors (Lipinski definition) is 0. The lowest BCUT2D eigenvalue weighted by Crippen LogP contribution is -2.34. The average molecular weight is 445 g/mol. The summed E-state index contributed by atoms with van der Waals surface area (Å²) in [6, 6.07) is 2.82. The van der Waals surface area contributed by atoms with E-state index in [0.717, 1.165) is 9.84 Å². The summed E-state index contributed by atoms with van der Waals surface area (Å²) in [5, 5.41) is 9.98. The molecule has 1 fully saturated rings. The highest BCUT2D eigenvalue weighted by molar-refractivity contribution is 14.1. The zero-order chi connectivity index (χ0) is 17.8. The predicted octanol–water partition coefficient (Wildman–Crippen LogP) is 8.07. The number of unbranched alkanes of at least 4 members (excludes halogenated alkanes) is 1. The van der Waals surface area contributed by atoms with Crippen molar-refractivity contribution in [3.05, 3.63) is 0 Å². The van der Waals surface area contributed by atoms with Crippen LogP contribution < -0.4 is 0 Å². The van der Waals surface area contributed by atoms with Gasteiger partial charge in [-0.05, 0) is 63.2 Å². The molecule has 0 heterocycles. The van der Waals surface area contributed by atoms with E-state index in [1.54, 1.807) is 0 Å². The highest BCUT2D eigenvalue weighted by Crippen LogP contribution is 2.48. The van der Waals surface area contributed by atoms with Crippen molar-refractivity contribution >= 4 is 22.6 Å². The lowest BCUT2D eigenvalue weighted by molar-refractivity contribution is 0.112. The largest absolute Gasteiger partial charge is 0.198 e. The smallest absolute Gasteiger partial charge is 0.0692 e.